The monoisotopic (exact) mass is 378 g/mol. The van der Waals surface area contributed by atoms with Gasteiger partial charge in [-0.05, 0) is 30.5 Å². The minimum absolute atomic E-state index is 0.0998. The maximum absolute atomic E-state index is 12.1. The number of sulfonamides is 1. The zero-order chi connectivity index (χ0) is 18.0. The van der Waals surface area contributed by atoms with Crippen LogP contribution in [0, 0.1) is 0 Å². The van der Waals surface area contributed by atoms with E-state index >= 15 is 0 Å². The summed E-state index contributed by atoms with van der Waals surface area (Å²) in [5, 5.41) is 1.75. The molecule has 1 aliphatic heterocycles. The summed E-state index contributed by atoms with van der Waals surface area (Å²) in [5.74, 6) is -0.904. The summed E-state index contributed by atoms with van der Waals surface area (Å²) < 4.78 is 26.4. The van der Waals surface area contributed by atoms with Crippen LogP contribution in [0.25, 0.3) is 0 Å². The number of fused-ring (bicyclic) bond motifs is 1. The Kier molecular flexibility index (Phi) is 4.55. The second-order valence-electron chi connectivity index (χ2n) is 5.18. The van der Waals surface area contributed by atoms with E-state index in [4.69, 9.17) is 0 Å². The molecule has 0 saturated heterocycles. The van der Waals surface area contributed by atoms with Gasteiger partial charge in [0.25, 0.3) is 21.8 Å². The quantitative estimate of drug-likeness (QED) is 0.679. The lowest BCUT2D eigenvalue weighted by molar-refractivity contribution is -0.122. The lowest BCUT2D eigenvalue weighted by Gasteiger charge is -2.10. The molecule has 2 amide bonds. The zero-order valence-corrected chi connectivity index (χ0v) is 14.6. The molecule has 2 aromatic rings. The third-order valence-electron chi connectivity index (χ3n) is 3.41. The van der Waals surface area contributed by atoms with Crippen molar-refractivity contribution >= 4 is 39.0 Å². The molecule has 0 aliphatic carbocycles. The number of hydrogen-bond donors (Lipinski definition) is 3. The van der Waals surface area contributed by atoms with Crippen LogP contribution in [-0.2, 0) is 14.8 Å². The summed E-state index contributed by atoms with van der Waals surface area (Å²) in [5.41, 5.74) is 4.97. The van der Waals surface area contributed by atoms with E-state index in [1.165, 1.54) is 24.3 Å². The Hall–Kier alpha value is -2.72. The minimum atomic E-state index is -3.66. The molecule has 0 fully saturated rings. The smallest absolute Gasteiger partial charge is 0.271 e. The highest BCUT2D eigenvalue weighted by atomic mass is 32.2. The van der Waals surface area contributed by atoms with E-state index in [2.05, 4.69) is 20.6 Å². The van der Waals surface area contributed by atoms with Crippen molar-refractivity contribution in [3.8, 4) is 0 Å². The molecule has 25 heavy (non-hydrogen) atoms. The standard InChI is InChI=1S/C15H14N4O4S2/c1-9(14(20)17-18-15(21)11-6-4-8-24-11)16-13-10-5-2-3-7-12(10)25(22,23)19-13/h2-9H,1H3,(H,16,19)(H,17,20)(H,18,21)/t9-/m0/s1. The summed E-state index contributed by atoms with van der Waals surface area (Å²) in [7, 11) is -3.66. The number of carbonyl (C=O) groups is 2. The second kappa shape index (κ2) is 6.65. The molecule has 0 radical (unpaired) electrons. The Labute approximate surface area is 148 Å². The molecule has 3 rings (SSSR count). The highest BCUT2D eigenvalue weighted by molar-refractivity contribution is 7.90. The highest BCUT2D eigenvalue weighted by Gasteiger charge is 2.31. The molecule has 8 nitrogen and oxygen atoms in total. The van der Waals surface area contributed by atoms with Gasteiger partial charge < -0.3 is 0 Å². The maximum atomic E-state index is 12.1. The fourth-order valence-corrected chi connectivity index (χ4v) is 4.03. The van der Waals surface area contributed by atoms with Crippen LogP contribution >= 0.6 is 11.3 Å². The Morgan fingerprint density at radius 2 is 1.92 bits per heavy atom. The fourth-order valence-electron chi connectivity index (χ4n) is 2.17. The predicted octanol–water partition coefficient (Wildman–Crippen LogP) is 0.636. The minimum Gasteiger partial charge on any atom is -0.271 e. The second-order valence-corrected chi connectivity index (χ2v) is 7.77. The topological polar surface area (TPSA) is 117 Å². The number of thiophene rings is 1. The van der Waals surface area contributed by atoms with Gasteiger partial charge in [0.1, 0.15) is 11.9 Å². The predicted molar refractivity (Wildman–Crippen MR) is 92.7 cm³/mol. The number of nitrogens with zero attached hydrogens (tertiary/aromatic N) is 1. The molecule has 130 valence electrons. The van der Waals surface area contributed by atoms with Gasteiger partial charge in [-0.25, -0.2) is 8.42 Å². The van der Waals surface area contributed by atoms with E-state index in [-0.39, 0.29) is 10.7 Å². The average molecular weight is 378 g/mol. The molecule has 0 spiro atoms. The van der Waals surface area contributed by atoms with Crippen LogP contribution in [0.5, 0.6) is 0 Å². The molecule has 1 aromatic heterocycles. The normalized spacial score (nSPS) is 17.4. The third kappa shape index (κ3) is 3.54. The van der Waals surface area contributed by atoms with Crippen molar-refractivity contribution in [2.24, 2.45) is 4.99 Å². The molecule has 1 aliphatic rings. The number of amides is 2. The van der Waals surface area contributed by atoms with Crippen molar-refractivity contribution in [1.29, 1.82) is 0 Å². The Morgan fingerprint density at radius 1 is 1.16 bits per heavy atom. The summed E-state index contributed by atoms with van der Waals surface area (Å²) in [4.78, 5) is 28.5. The Bertz CT molecular complexity index is 952. The van der Waals surface area contributed by atoms with Gasteiger partial charge in [-0.3, -0.25) is 30.2 Å². The summed E-state index contributed by atoms with van der Waals surface area (Å²) in [6.07, 6.45) is 0. The van der Waals surface area contributed by atoms with Crippen molar-refractivity contribution < 1.29 is 18.0 Å². The lowest BCUT2D eigenvalue weighted by atomic mass is 10.2. The molecule has 0 bridgehead atoms. The number of aliphatic imine (C=N–C) groups is 1. The molecular weight excluding hydrogens is 364 g/mol. The van der Waals surface area contributed by atoms with E-state index in [1.807, 2.05) is 0 Å². The van der Waals surface area contributed by atoms with Gasteiger partial charge in [0.2, 0.25) is 0 Å². The number of carbonyl (C=O) groups excluding carboxylic acids is 2. The first-order valence-electron chi connectivity index (χ1n) is 7.22. The van der Waals surface area contributed by atoms with Gasteiger partial charge in [0.15, 0.2) is 0 Å². The number of amidine groups is 1. The molecule has 2 heterocycles. The third-order valence-corrected chi connectivity index (χ3v) is 5.67. The first-order valence-corrected chi connectivity index (χ1v) is 9.58. The largest absolute Gasteiger partial charge is 0.279 e. The number of rotatable bonds is 3. The van der Waals surface area contributed by atoms with Crippen LogP contribution in [0.1, 0.15) is 22.2 Å². The Morgan fingerprint density at radius 3 is 2.64 bits per heavy atom. The van der Waals surface area contributed by atoms with E-state index in [0.29, 0.717) is 10.4 Å². The first-order chi connectivity index (χ1) is 11.9. The van der Waals surface area contributed by atoms with Gasteiger partial charge in [-0.1, -0.05) is 18.2 Å². The number of hydrogen-bond acceptors (Lipinski definition) is 6. The van der Waals surface area contributed by atoms with Gasteiger partial charge in [0, 0.05) is 5.56 Å². The van der Waals surface area contributed by atoms with Gasteiger partial charge in [-0.15, -0.1) is 11.3 Å². The van der Waals surface area contributed by atoms with E-state index in [0.717, 1.165) is 0 Å². The van der Waals surface area contributed by atoms with Crippen molar-refractivity contribution in [3.63, 3.8) is 0 Å². The van der Waals surface area contributed by atoms with Crippen molar-refractivity contribution in [2.45, 2.75) is 17.9 Å². The molecule has 3 N–H and O–H groups in total. The van der Waals surface area contributed by atoms with Crippen LogP contribution in [0.4, 0.5) is 0 Å². The van der Waals surface area contributed by atoms with E-state index in [1.54, 1.807) is 35.7 Å². The van der Waals surface area contributed by atoms with Crippen molar-refractivity contribution in [2.75, 3.05) is 0 Å². The highest BCUT2D eigenvalue weighted by Crippen LogP contribution is 2.22. The molecular formula is C15H14N4O4S2. The van der Waals surface area contributed by atoms with Gasteiger partial charge >= 0.3 is 0 Å². The number of nitrogens with one attached hydrogen (secondary N) is 3. The van der Waals surface area contributed by atoms with Gasteiger partial charge in [0.05, 0.1) is 9.77 Å². The fraction of sp³-hybridized carbons (Fsp3) is 0.133. The molecule has 10 heteroatoms. The van der Waals surface area contributed by atoms with Gasteiger partial charge in [-0.2, -0.15) is 0 Å². The molecule has 0 saturated carbocycles. The summed E-state index contributed by atoms with van der Waals surface area (Å²) in [6, 6.07) is 8.80. The van der Waals surface area contributed by atoms with E-state index in [9.17, 15) is 18.0 Å². The molecule has 1 aromatic carbocycles. The van der Waals surface area contributed by atoms with Crippen LogP contribution in [0.15, 0.2) is 51.7 Å². The van der Waals surface area contributed by atoms with Crippen LogP contribution in [0.2, 0.25) is 0 Å². The first kappa shape index (κ1) is 17.1. The van der Waals surface area contributed by atoms with Crippen molar-refractivity contribution in [3.05, 3.63) is 52.2 Å². The van der Waals surface area contributed by atoms with Crippen LogP contribution < -0.4 is 15.6 Å². The molecule has 1 atom stereocenters. The van der Waals surface area contributed by atoms with Crippen LogP contribution in [-0.4, -0.2) is 32.1 Å². The average Bonchev–Trinajstić information content (AvgIpc) is 3.20. The Balaban J connectivity index is 1.69. The maximum Gasteiger partial charge on any atom is 0.279 e. The van der Waals surface area contributed by atoms with Crippen molar-refractivity contribution in [1.82, 2.24) is 15.6 Å². The zero-order valence-electron chi connectivity index (χ0n) is 13.0. The number of benzene rings is 1. The van der Waals surface area contributed by atoms with E-state index < -0.39 is 27.9 Å². The summed E-state index contributed by atoms with van der Waals surface area (Å²) >= 11 is 1.24. The number of hydrazine groups is 1. The molecule has 0 unspecified atom stereocenters. The summed E-state index contributed by atoms with van der Waals surface area (Å²) in [6.45, 7) is 1.49. The SMILES string of the molecule is C[C@H](N=C1NS(=O)(=O)c2ccccc21)C(=O)NNC(=O)c1cccs1. The van der Waals surface area contributed by atoms with Crippen LogP contribution in [0.3, 0.4) is 0 Å². The lowest BCUT2D eigenvalue weighted by Crippen LogP contribution is -2.45.